The fraction of sp³-hybridized carbons (Fsp3) is 0.429. The summed E-state index contributed by atoms with van der Waals surface area (Å²) in [6.45, 7) is 0.467. The van der Waals surface area contributed by atoms with E-state index >= 15 is 0 Å². The molecule has 1 atom stereocenters. The minimum Gasteiger partial charge on any atom is -0.370 e. The van der Waals surface area contributed by atoms with Gasteiger partial charge in [0.1, 0.15) is 0 Å². The molecule has 0 aliphatic rings. The van der Waals surface area contributed by atoms with Crippen LogP contribution in [-0.4, -0.2) is 31.4 Å². The molecular formula is C14H21N3O2. The van der Waals surface area contributed by atoms with Gasteiger partial charge in [0.05, 0.1) is 6.04 Å². The minimum atomic E-state index is -0.344. The van der Waals surface area contributed by atoms with Gasteiger partial charge in [-0.05, 0) is 25.5 Å². The van der Waals surface area contributed by atoms with Gasteiger partial charge in [0.15, 0.2) is 0 Å². The van der Waals surface area contributed by atoms with Gasteiger partial charge in [-0.2, -0.15) is 0 Å². The molecule has 0 spiro atoms. The summed E-state index contributed by atoms with van der Waals surface area (Å²) in [7, 11) is 1.76. The van der Waals surface area contributed by atoms with Crippen LogP contribution in [0.3, 0.4) is 0 Å². The van der Waals surface area contributed by atoms with Gasteiger partial charge in [-0.1, -0.05) is 30.3 Å². The summed E-state index contributed by atoms with van der Waals surface area (Å²) in [6.07, 6.45) is 1.50. The molecule has 0 unspecified atom stereocenters. The molecule has 104 valence electrons. The summed E-state index contributed by atoms with van der Waals surface area (Å²) >= 11 is 0. The fourth-order valence-electron chi connectivity index (χ4n) is 1.77. The number of nitrogens with one attached hydrogen (secondary N) is 2. The first-order valence-corrected chi connectivity index (χ1v) is 6.40. The van der Waals surface area contributed by atoms with Crippen molar-refractivity contribution in [2.24, 2.45) is 5.73 Å². The summed E-state index contributed by atoms with van der Waals surface area (Å²) < 4.78 is 0. The molecule has 2 amide bonds. The number of amides is 2. The first kappa shape index (κ1) is 15.2. The molecule has 1 aromatic carbocycles. The Balaban J connectivity index is 2.37. The van der Waals surface area contributed by atoms with Gasteiger partial charge in [-0.15, -0.1) is 0 Å². The van der Waals surface area contributed by atoms with Crippen LogP contribution in [0.25, 0.3) is 0 Å². The first-order chi connectivity index (χ1) is 9.13. The van der Waals surface area contributed by atoms with Gasteiger partial charge in [0.25, 0.3) is 0 Å². The van der Waals surface area contributed by atoms with Crippen LogP contribution in [0.2, 0.25) is 0 Å². The van der Waals surface area contributed by atoms with Crippen LogP contribution in [0, 0.1) is 0 Å². The Labute approximate surface area is 113 Å². The summed E-state index contributed by atoms with van der Waals surface area (Å²) in [6, 6.07) is 9.56. The zero-order chi connectivity index (χ0) is 14.1. The van der Waals surface area contributed by atoms with Crippen molar-refractivity contribution in [3.63, 3.8) is 0 Å². The molecule has 1 aromatic rings. The maximum Gasteiger partial charge on any atom is 0.237 e. The number of primary amides is 1. The summed E-state index contributed by atoms with van der Waals surface area (Å²) in [4.78, 5) is 22.5. The van der Waals surface area contributed by atoms with Crippen molar-refractivity contribution < 1.29 is 9.59 Å². The van der Waals surface area contributed by atoms with E-state index in [1.807, 2.05) is 30.3 Å². The largest absolute Gasteiger partial charge is 0.370 e. The third-order valence-electron chi connectivity index (χ3n) is 2.85. The molecule has 19 heavy (non-hydrogen) atoms. The van der Waals surface area contributed by atoms with E-state index in [1.165, 1.54) is 0 Å². The Morgan fingerprint density at radius 1 is 1.26 bits per heavy atom. The monoisotopic (exact) mass is 263 g/mol. The molecule has 0 heterocycles. The molecule has 5 heteroatoms. The summed E-state index contributed by atoms with van der Waals surface area (Å²) in [5.74, 6) is -0.403. The van der Waals surface area contributed by atoms with E-state index in [0.29, 0.717) is 25.8 Å². The second-order valence-corrected chi connectivity index (χ2v) is 4.39. The number of nitrogens with two attached hydrogens (primary N) is 1. The average molecular weight is 263 g/mol. The van der Waals surface area contributed by atoms with Crippen LogP contribution in [-0.2, 0) is 16.0 Å². The van der Waals surface area contributed by atoms with Crippen molar-refractivity contribution in [3.05, 3.63) is 35.9 Å². The normalized spacial score (nSPS) is 11.8. The standard InChI is InChI=1S/C14H21N3O2/c1-16-12(10-11-6-3-2-4-7-11)14(19)17-9-5-8-13(15)18/h2-4,6-7,12,16H,5,8-10H2,1H3,(H2,15,18)(H,17,19)/t12-/m0/s1. The molecule has 0 fully saturated rings. The van der Waals surface area contributed by atoms with Gasteiger partial charge in [0.2, 0.25) is 11.8 Å². The zero-order valence-corrected chi connectivity index (χ0v) is 11.2. The minimum absolute atomic E-state index is 0.0594. The van der Waals surface area contributed by atoms with E-state index in [0.717, 1.165) is 5.56 Å². The van der Waals surface area contributed by atoms with E-state index < -0.39 is 0 Å². The maximum atomic E-state index is 11.9. The average Bonchev–Trinajstić information content (AvgIpc) is 2.41. The Morgan fingerprint density at radius 2 is 1.95 bits per heavy atom. The third-order valence-corrected chi connectivity index (χ3v) is 2.85. The van der Waals surface area contributed by atoms with E-state index in [4.69, 9.17) is 5.73 Å². The number of carbonyl (C=O) groups is 2. The van der Waals surface area contributed by atoms with Crippen LogP contribution in [0.5, 0.6) is 0 Å². The van der Waals surface area contributed by atoms with Crippen LogP contribution in [0.1, 0.15) is 18.4 Å². The highest BCUT2D eigenvalue weighted by atomic mass is 16.2. The number of hydrogen-bond donors (Lipinski definition) is 3. The highest BCUT2D eigenvalue weighted by molar-refractivity contribution is 5.82. The predicted octanol–water partition coefficient (Wildman–Crippen LogP) is 0.199. The van der Waals surface area contributed by atoms with Crippen LogP contribution in [0.15, 0.2) is 30.3 Å². The SMILES string of the molecule is CN[C@@H](Cc1ccccc1)C(=O)NCCCC(N)=O. The predicted molar refractivity (Wildman–Crippen MR) is 74.4 cm³/mol. The second-order valence-electron chi connectivity index (χ2n) is 4.39. The Bertz CT molecular complexity index is 406. The zero-order valence-electron chi connectivity index (χ0n) is 11.2. The number of likely N-dealkylation sites (N-methyl/N-ethyl adjacent to an activating group) is 1. The lowest BCUT2D eigenvalue weighted by molar-refractivity contribution is -0.123. The molecule has 0 saturated heterocycles. The molecule has 0 radical (unpaired) electrons. The van der Waals surface area contributed by atoms with Crippen LogP contribution in [0.4, 0.5) is 0 Å². The summed E-state index contributed by atoms with van der Waals surface area (Å²) in [5.41, 5.74) is 6.14. The molecule has 5 nitrogen and oxygen atoms in total. The maximum absolute atomic E-state index is 11.9. The van der Waals surface area contributed by atoms with Crippen molar-refractivity contribution in [2.45, 2.75) is 25.3 Å². The number of hydrogen-bond acceptors (Lipinski definition) is 3. The van der Waals surface area contributed by atoms with Crippen molar-refractivity contribution in [2.75, 3.05) is 13.6 Å². The second kappa shape index (κ2) is 8.26. The highest BCUT2D eigenvalue weighted by Crippen LogP contribution is 2.03. The smallest absolute Gasteiger partial charge is 0.237 e. The summed E-state index contributed by atoms with van der Waals surface area (Å²) in [5, 5.41) is 5.80. The van der Waals surface area contributed by atoms with Gasteiger partial charge in [-0.3, -0.25) is 9.59 Å². The molecular weight excluding hydrogens is 242 g/mol. The Morgan fingerprint density at radius 3 is 2.53 bits per heavy atom. The molecule has 0 aliphatic carbocycles. The van der Waals surface area contributed by atoms with Gasteiger partial charge >= 0.3 is 0 Å². The van der Waals surface area contributed by atoms with Crippen LogP contribution < -0.4 is 16.4 Å². The van der Waals surface area contributed by atoms with E-state index in [1.54, 1.807) is 7.05 Å². The van der Waals surface area contributed by atoms with Crippen molar-refractivity contribution in [1.82, 2.24) is 10.6 Å². The van der Waals surface area contributed by atoms with Gasteiger partial charge in [-0.25, -0.2) is 0 Å². The quantitative estimate of drug-likeness (QED) is 0.586. The number of carbonyl (C=O) groups excluding carboxylic acids is 2. The fourth-order valence-corrected chi connectivity index (χ4v) is 1.77. The number of benzene rings is 1. The Hall–Kier alpha value is -1.88. The topological polar surface area (TPSA) is 84.2 Å². The molecule has 1 rings (SSSR count). The molecule has 0 saturated carbocycles. The van der Waals surface area contributed by atoms with Gasteiger partial charge < -0.3 is 16.4 Å². The molecule has 0 aromatic heterocycles. The third kappa shape index (κ3) is 6.01. The van der Waals surface area contributed by atoms with E-state index in [-0.39, 0.29) is 17.9 Å². The molecule has 4 N–H and O–H groups in total. The van der Waals surface area contributed by atoms with Crippen molar-refractivity contribution >= 4 is 11.8 Å². The lowest BCUT2D eigenvalue weighted by atomic mass is 10.1. The van der Waals surface area contributed by atoms with E-state index in [9.17, 15) is 9.59 Å². The van der Waals surface area contributed by atoms with E-state index in [2.05, 4.69) is 10.6 Å². The van der Waals surface area contributed by atoms with Crippen molar-refractivity contribution in [3.8, 4) is 0 Å². The Kier molecular flexibility index (Phi) is 6.60. The lowest BCUT2D eigenvalue weighted by Crippen LogP contribution is -2.44. The highest BCUT2D eigenvalue weighted by Gasteiger charge is 2.16. The van der Waals surface area contributed by atoms with Crippen molar-refractivity contribution in [1.29, 1.82) is 0 Å². The first-order valence-electron chi connectivity index (χ1n) is 6.40. The van der Waals surface area contributed by atoms with Crippen LogP contribution >= 0.6 is 0 Å². The molecule has 0 aliphatic heterocycles. The lowest BCUT2D eigenvalue weighted by Gasteiger charge is -2.16. The number of rotatable bonds is 8. The van der Waals surface area contributed by atoms with Gasteiger partial charge in [0, 0.05) is 13.0 Å². The molecule has 0 bridgehead atoms.